The molecule has 0 fully saturated rings. The number of benzene rings is 1. The lowest BCUT2D eigenvalue weighted by Crippen LogP contribution is -2.38. The highest BCUT2D eigenvalue weighted by Gasteiger charge is 2.20. The highest BCUT2D eigenvalue weighted by molar-refractivity contribution is 9.10. The van der Waals surface area contributed by atoms with E-state index in [2.05, 4.69) is 15.9 Å². The summed E-state index contributed by atoms with van der Waals surface area (Å²) in [6, 6.07) is 5.97. The van der Waals surface area contributed by atoms with E-state index in [-0.39, 0.29) is 11.9 Å². The summed E-state index contributed by atoms with van der Waals surface area (Å²) in [7, 11) is 0. The number of rotatable bonds is 5. The van der Waals surface area contributed by atoms with Gasteiger partial charge in [-0.25, -0.2) is 0 Å². The number of hydrogen-bond donors (Lipinski definition) is 0. The molecule has 0 saturated heterocycles. The maximum Gasteiger partial charge on any atom is 0.255 e. The monoisotopic (exact) mass is 331 g/mol. The summed E-state index contributed by atoms with van der Waals surface area (Å²) in [6.45, 7) is 6.75. The van der Waals surface area contributed by atoms with Crippen molar-refractivity contribution in [3.63, 3.8) is 0 Å². The van der Waals surface area contributed by atoms with E-state index in [1.807, 2.05) is 43.9 Å². The molecular weight excluding hydrogens is 314 g/mol. The zero-order chi connectivity index (χ0) is 13.7. The minimum Gasteiger partial charge on any atom is -0.336 e. The van der Waals surface area contributed by atoms with E-state index in [0.717, 1.165) is 16.5 Å². The van der Waals surface area contributed by atoms with Gasteiger partial charge in [0.15, 0.2) is 0 Å². The molecule has 0 atom stereocenters. The molecule has 1 aromatic rings. The number of aryl methyl sites for hydroxylation is 1. The summed E-state index contributed by atoms with van der Waals surface area (Å²) in [6.07, 6.45) is 0.814. The van der Waals surface area contributed by atoms with Crippen molar-refractivity contribution in [2.75, 3.05) is 12.4 Å². The third-order valence-electron chi connectivity index (χ3n) is 2.77. The third-order valence-corrected chi connectivity index (χ3v) is 3.70. The highest BCUT2D eigenvalue weighted by Crippen LogP contribution is 2.21. The fraction of sp³-hybridized carbons (Fsp3) is 0.500. The SMILES string of the molecule is Cc1ccc(C(=O)N(CCCCl)C(C)C)c(Br)c1. The normalized spacial score (nSPS) is 10.8. The molecular formula is C14H19BrClNO. The first-order chi connectivity index (χ1) is 8.47. The Hall–Kier alpha value is -0.540. The third kappa shape index (κ3) is 3.99. The average Bonchev–Trinajstić information content (AvgIpc) is 2.28. The quantitative estimate of drug-likeness (QED) is 0.739. The molecule has 18 heavy (non-hydrogen) atoms. The van der Waals surface area contributed by atoms with Gasteiger partial charge >= 0.3 is 0 Å². The molecule has 0 aliphatic heterocycles. The van der Waals surface area contributed by atoms with Gasteiger partial charge in [0, 0.05) is 22.9 Å². The zero-order valence-electron chi connectivity index (χ0n) is 11.0. The van der Waals surface area contributed by atoms with Gasteiger partial charge in [0.2, 0.25) is 0 Å². The number of carbonyl (C=O) groups is 1. The Kier molecular flexibility index (Phi) is 6.16. The maximum absolute atomic E-state index is 12.5. The summed E-state index contributed by atoms with van der Waals surface area (Å²) < 4.78 is 0.851. The molecule has 0 heterocycles. The van der Waals surface area contributed by atoms with Crippen LogP contribution in [-0.2, 0) is 0 Å². The van der Waals surface area contributed by atoms with Crippen LogP contribution in [-0.4, -0.2) is 29.3 Å². The topological polar surface area (TPSA) is 20.3 Å². The van der Waals surface area contributed by atoms with Gasteiger partial charge in [-0.15, -0.1) is 11.6 Å². The molecule has 0 unspecified atom stereocenters. The van der Waals surface area contributed by atoms with Crippen LogP contribution in [0.5, 0.6) is 0 Å². The second-order valence-electron chi connectivity index (χ2n) is 4.62. The van der Waals surface area contributed by atoms with Gasteiger partial charge in [0.05, 0.1) is 5.56 Å². The minimum absolute atomic E-state index is 0.0574. The molecule has 0 spiro atoms. The Morgan fingerprint density at radius 2 is 2.11 bits per heavy atom. The second kappa shape index (κ2) is 7.15. The smallest absolute Gasteiger partial charge is 0.255 e. The predicted octanol–water partition coefficient (Wildman–Crippen LogP) is 4.24. The molecule has 1 aromatic carbocycles. The van der Waals surface area contributed by atoms with Crippen molar-refractivity contribution in [2.24, 2.45) is 0 Å². The standard InChI is InChI=1S/C14H19BrClNO/c1-10(2)17(8-4-7-16)14(18)12-6-5-11(3)9-13(12)15/h5-6,9-10H,4,7-8H2,1-3H3. The molecule has 2 nitrogen and oxygen atoms in total. The van der Waals surface area contributed by atoms with Crippen LogP contribution < -0.4 is 0 Å². The molecule has 1 amide bonds. The Morgan fingerprint density at radius 1 is 1.44 bits per heavy atom. The number of nitrogens with zero attached hydrogens (tertiary/aromatic N) is 1. The van der Waals surface area contributed by atoms with Crippen LogP contribution in [0, 0.1) is 6.92 Å². The van der Waals surface area contributed by atoms with Gasteiger partial charge in [-0.2, -0.15) is 0 Å². The molecule has 100 valence electrons. The molecule has 0 aliphatic rings. The van der Waals surface area contributed by atoms with Crippen molar-refractivity contribution >= 4 is 33.4 Å². The molecule has 0 saturated carbocycles. The van der Waals surface area contributed by atoms with Gasteiger partial charge in [-0.3, -0.25) is 4.79 Å². The lowest BCUT2D eigenvalue weighted by Gasteiger charge is -2.27. The molecule has 4 heteroatoms. The molecule has 1 rings (SSSR count). The van der Waals surface area contributed by atoms with E-state index in [1.165, 1.54) is 0 Å². The Morgan fingerprint density at radius 3 is 2.61 bits per heavy atom. The zero-order valence-corrected chi connectivity index (χ0v) is 13.4. The Labute approximate surface area is 122 Å². The van der Waals surface area contributed by atoms with Crippen molar-refractivity contribution in [2.45, 2.75) is 33.2 Å². The van der Waals surface area contributed by atoms with Gasteiger partial charge in [0.25, 0.3) is 5.91 Å². The van der Waals surface area contributed by atoms with E-state index in [9.17, 15) is 4.79 Å². The van der Waals surface area contributed by atoms with Crippen LogP contribution in [0.2, 0.25) is 0 Å². The first-order valence-corrected chi connectivity index (χ1v) is 7.43. The number of hydrogen-bond acceptors (Lipinski definition) is 1. The van der Waals surface area contributed by atoms with Crippen LogP contribution in [0.25, 0.3) is 0 Å². The maximum atomic E-state index is 12.5. The summed E-state index contributed by atoms with van der Waals surface area (Å²) in [4.78, 5) is 14.3. The summed E-state index contributed by atoms with van der Waals surface area (Å²) in [5, 5.41) is 0. The molecule has 0 N–H and O–H groups in total. The fourth-order valence-corrected chi connectivity index (χ4v) is 2.56. The fourth-order valence-electron chi connectivity index (χ4n) is 1.77. The Balaban J connectivity index is 2.94. The lowest BCUT2D eigenvalue weighted by molar-refractivity contribution is 0.0705. The van der Waals surface area contributed by atoms with Crippen LogP contribution in [0.4, 0.5) is 0 Å². The number of halogens is 2. The van der Waals surface area contributed by atoms with Crippen molar-refractivity contribution in [3.05, 3.63) is 33.8 Å². The average molecular weight is 333 g/mol. The largest absolute Gasteiger partial charge is 0.336 e. The van der Waals surface area contributed by atoms with Gasteiger partial charge < -0.3 is 4.90 Å². The summed E-state index contributed by atoms with van der Waals surface area (Å²) >= 11 is 9.17. The van der Waals surface area contributed by atoms with Gasteiger partial charge in [0.1, 0.15) is 0 Å². The van der Waals surface area contributed by atoms with Gasteiger partial charge in [-0.05, 0) is 60.8 Å². The molecule has 0 aromatic heterocycles. The number of carbonyl (C=O) groups excluding carboxylic acids is 1. The Bertz CT molecular complexity index is 420. The predicted molar refractivity (Wildman–Crippen MR) is 80.4 cm³/mol. The van der Waals surface area contributed by atoms with E-state index in [0.29, 0.717) is 18.0 Å². The van der Waals surface area contributed by atoms with Crippen molar-refractivity contribution in [1.82, 2.24) is 4.90 Å². The number of alkyl halides is 1. The van der Waals surface area contributed by atoms with Crippen LogP contribution in [0.1, 0.15) is 36.2 Å². The highest BCUT2D eigenvalue weighted by atomic mass is 79.9. The van der Waals surface area contributed by atoms with Crippen LogP contribution >= 0.6 is 27.5 Å². The summed E-state index contributed by atoms with van der Waals surface area (Å²) in [5.41, 5.74) is 1.85. The van der Waals surface area contributed by atoms with E-state index in [1.54, 1.807) is 0 Å². The van der Waals surface area contributed by atoms with Crippen LogP contribution in [0.3, 0.4) is 0 Å². The molecule has 0 radical (unpaired) electrons. The van der Waals surface area contributed by atoms with Crippen molar-refractivity contribution in [3.8, 4) is 0 Å². The van der Waals surface area contributed by atoms with Crippen LogP contribution in [0.15, 0.2) is 22.7 Å². The minimum atomic E-state index is 0.0574. The van der Waals surface area contributed by atoms with Crippen molar-refractivity contribution < 1.29 is 4.79 Å². The van der Waals surface area contributed by atoms with E-state index in [4.69, 9.17) is 11.6 Å². The molecule has 0 bridgehead atoms. The summed E-state index contributed by atoms with van der Waals surface area (Å²) in [5.74, 6) is 0.632. The van der Waals surface area contributed by atoms with E-state index >= 15 is 0 Å². The van der Waals surface area contributed by atoms with Gasteiger partial charge in [-0.1, -0.05) is 6.07 Å². The number of amides is 1. The molecule has 0 aliphatic carbocycles. The first kappa shape index (κ1) is 15.5. The second-order valence-corrected chi connectivity index (χ2v) is 5.85. The lowest BCUT2D eigenvalue weighted by atomic mass is 10.1. The van der Waals surface area contributed by atoms with E-state index < -0.39 is 0 Å². The van der Waals surface area contributed by atoms with Crippen molar-refractivity contribution in [1.29, 1.82) is 0 Å². The first-order valence-electron chi connectivity index (χ1n) is 6.10.